The summed E-state index contributed by atoms with van der Waals surface area (Å²) in [5, 5.41) is 2.81. The van der Waals surface area contributed by atoms with E-state index in [1.54, 1.807) is 29.2 Å². The van der Waals surface area contributed by atoms with Gasteiger partial charge in [0.2, 0.25) is 6.79 Å². The molecule has 0 radical (unpaired) electrons. The molecule has 0 bridgehead atoms. The zero-order valence-electron chi connectivity index (χ0n) is 21.4. The number of benzene rings is 3. The van der Waals surface area contributed by atoms with Gasteiger partial charge in [0.1, 0.15) is 4.32 Å². The second-order valence-corrected chi connectivity index (χ2v) is 10.5. The minimum Gasteiger partial charge on any atom is -0.490 e. The summed E-state index contributed by atoms with van der Waals surface area (Å²) in [7, 11) is 0. The molecule has 2 amide bonds. The van der Waals surface area contributed by atoms with Gasteiger partial charge in [-0.25, -0.2) is 0 Å². The zero-order chi connectivity index (χ0) is 27.4. The monoisotopic (exact) mass is 562 g/mol. The minimum absolute atomic E-state index is 0.172. The van der Waals surface area contributed by atoms with Crippen LogP contribution in [0.15, 0.2) is 65.6 Å². The van der Waals surface area contributed by atoms with Crippen LogP contribution in [-0.2, 0) is 16.1 Å². The van der Waals surface area contributed by atoms with Crippen LogP contribution in [0, 0.1) is 6.92 Å². The van der Waals surface area contributed by atoms with E-state index in [0.29, 0.717) is 51.1 Å². The minimum atomic E-state index is -0.281. The van der Waals surface area contributed by atoms with Crippen molar-refractivity contribution in [3.05, 3.63) is 82.3 Å². The Balaban J connectivity index is 1.25. The van der Waals surface area contributed by atoms with Crippen LogP contribution in [0.5, 0.6) is 23.0 Å². The van der Waals surface area contributed by atoms with Crippen LogP contribution in [0.4, 0.5) is 5.69 Å². The molecule has 39 heavy (non-hydrogen) atoms. The third kappa shape index (κ3) is 6.35. The number of amides is 2. The Morgan fingerprint density at radius 3 is 2.64 bits per heavy atom. The number of hydrogen-bond acceptors (Lipinski definition) is 8. The molecule has 0 saturated carbocycles. The predicted molar refractivity (Wildman–Crippen MR) is 154 cm³/mol. The maximum Gasteiger partial charge on any atom is 0.266 e. The molecule has 8 nitrogen and oxygen atoms in total. The lowest BCUT2D eigenvalue weighted by Crippen LogP contribution is -2.27. The third-order valence-corrected chi connectivity index (χ3v) is 7.29. The number of ether oxygens (including phenoxy) is 4. The second kappa shape index (κ2) is 11.8. The van der Waals surface area contributed by atoms with Gasteiger partial charge in [0, 0.05) is 5.69 Å². The van der Waals surface area contributed by atoms with Gasteiger partial charge in [-0.3, -0.25) is 14.5 Å². The molecule has 5 rings (SSSR count). The number of aryl methyl sites for hydroxylation is 1. The highest BCUT2D eigenvalue weighted by Gasteiger charge is 2.32. The van der Waals surface area contributed by atoms with Gasteiger partial charge in [0.25, 0.3) is 11.8 Å². The lowest BCUT2D eigenvalue weighted by Gasteiger charge is -2.15. The van der Waals surface area contributed by atoms with Gasteiger partial charge in [-0.05, 0) is 67.4 Å². The molecule has 3 aromatic rings. The van der Waals surface area contributed by atoms with Crippen LogP contribution in [-0.4, -0.2) is 41.0 Å². The number of rotatable bonds is 9. The summed E-state index contributed by atoms with van der Waals surface area (Å²) in [6, 6.07) is 18.4. The number of nitrogens with zero attached hydrogens (tertiary/aromatic N) is 1. The number of anilines is 1. The van der Waals surface area contributed by atoms with Gasteiger partial charge in [-0.15, -0.1) is 0 Å². The van der Waals surface area contributed by atoms with E-state index >= 15 is 0 Å². The molecule has 2 aliphatic rings. The fourth-order valence-electron chi connectivity index (χ4n) is 3.99. The Labute approximate surface area is 235 Å². The highest BCUT2D eigenvalue weighted by Crippen LogP contribution is 2.37. The SMILES string of the molecule is CCOc1cc(/C=C2\SC(=S)N(Cc3ccc4c(c3)OCO4)C2=O)ccc1OCC(=O)Nc1ccc(C)cc1. The fourth-order valence-corrected chi connectivity index (χ4v) is 5.24. The number of carbonyl (C=O) groups excluding carboxylic acids is 2. The first-order chi connectivity index (χ1) is 18.9. The van der Waals surface area contributed by atoms with Crippen molar-refractivity contribution in [2.45, 2.75) is 20.4 Å². The van der Waals surface area contributed by atoms with Gasteiger partial charge in [-0.2, -0.15) is 0 Å². The number of nitrogens with one attached hydrogen (secondary N) is 1. The second-order valence-electron chi connectivity index (χ2n) is 8.80. The molecule has 10 heteroatoms. The first kappa shape index (κ1) is 26.6. The number of carbonyl (C=O) groups is 2. The van der Waals surface area contributed by atoms with E-state index in [2.05, 4.69) is 5.32 Å². The van der Waals surface area contributed by atoms with Crippen LogP contribution in [0.3, 0.4) is 0 Å². The third-order valence-electron chi connectivity index (χ3n) is 5.91. The highest BCUT2D eigenvalue weighted by atomic mass is 32.2. The van der Waals surface area contributed by atoms with Crippen molar-refractivity contribution in [2.75, 3.05) is 25.3 Å². The number of hydrogen-bond donors (Lipinski definition) is 1. The molecule has 200 valence electrons. The molecule has 0 aromatic heterocycles. The first-order valence-electron chi connectivity index (χ1n) is 12.3. The molecule has 1 fully saturated rings. The largest absolute Gasteiger partial charge is 0.490 e. The highest BCUT2D eigenvalue weighted by molar-refractivity contribution is 8.26. The van der Waals surface area contributed by atoms with Crippen molar-refractivity contribution in [2.24, 2.45) is 0 Å². The van der Waals surface area contributed by atoms with Gasteiger partial charge >= 0.3 is 0 Å². The molecule has 0 spiro atoms. The van der Waals surface area contributed by atoms with E-state index in [-0.39, 0.29) is 25.2 Å². The quantitative estimate of drug-likeness (QED) is 0.269. The first-order valence-corrected chi connectivity index (χ1v) is 13.5. The van der Waals surface area contributed by atoms with E-state index in [9.17, 15) is 9.59 Å². The number of fused-ring (bicyclic) bond motifs is 1. The van der Waals surface area contributed by atoms with Gasteiger partial charge in [0.15, 0.2) is 29.6 Å². The lowest BCUT2D eigenvalue weighted by atomic mass is 10.1. The summed E-state index contributed by atoms with van der Waals surface area (Å²) >= 11 is 6.75. The molecule has 3 aromatic carbocycles. The van der Waals surface area contributed by atoms with Gasteiger partial charge in [0.05, 0.1) is 18.1 Å². The maximum atomic E-state index is 13.2. The Bertz CT molecular complexity index is 1450. The van der Waals surface area contributed by atoms with Crippen molar-refractivity contribution < 1.29 is 28.5 Å². The van der Waals surface area contributed by atoms with Crippen molar-refractivity contribution >= 4 is 51.9 Å². The van der Waals surface area contributed by atoms with Crippen molar-refractivity contribution in [1.82, 2.24) is 4.90 Å². The van der Waals surface area contributed by atoms with E-state index in [1.165, 1.54) is 11.8 Å². The zero-order valence-corrected chi connectivity index (χ0v) is 23.0. The standard InChI is InChI=1S/C29H26N2O6S2/c1-3-34-24-12-19(6-10-22(24)35-16-27(32)30-21-8-4-18(2)5-9-21)14-26-28(33)31(29(38)39-26)15-20-7-11-23-25(13-20)37-17-36-23/h4-14H,3,15-17H2,1-2H3,(H,30,32)/b26-14-. The summed E-state index contributed by atoms with van der Waals surface area (Å²) in [5.74, 6) is 1.80. The average molecular weight is 563 g/mol. The number of thioether (sulfide) groups is 1. The van der Waals surface area contributed by atoms with Crippen molar-refractivity contribution in [1.29, 1.82) is 0 Å². The Morgan fingerprint density at radius 2 is 1.85 bits per heavy atom. The molecule has 1 N–H and O–H groups in total. The normalized spacial score (nSPS) is 15.1. The summed E-state index contributed by atoms with van der Waals surface area (Å²) in [6.07, 6.45) is 1.77. The molecular weight excluding hydrogens is 536 g/mol. The van der Waals surface area contributed by atoms with Crippen molar-refractivity contribution in [3.63, 3.8) is 0 Å². The molecular formula is C29H26N2O6S2. The van der Waals surface area contributed by atoms with E-state index in [1.807, 2.05) is 56.3 Å². The molecule has 0 atom stereocenters. The fraction of sp³-hybridized carbons (Fsp3) is 0.207. The summed E-state index contributed by atoms with van der Waals surface area (Å²) in [4.78, 5) is 27.6. The van der Waals surface area contributed by atoms with Crippen LogP contribution in [0.1, 0.15) is 23.6 Å². The van der Waals surface area contributed by atoms with Crippen LogP contribution < -0.4 is 24.3 Å². The average Bonchev–Trinajstić information content (AvgIpc) is 3.49. The molecule has 2 heterocycles. The van der Waals surface area contributed by atoms with E-state index in [4.69, 9.17) is 31.2 Å². The lowest BCUT2D eigenvalue weighted by molar-refractivity contribution is -0.122. The predicted octanol–water partition coefficient (Wildman–Crippen LogP) is 5.54. The Hall–Kier alpha value is -4.02. The van der Waals surface area contributed by atoms with E-state index < -0.39 is 0 Å². The smallest absolute Gasteiger partial charge is 0.266 e. The molecule has 0 aliphatic carbocycles. The van der Waals surface area contributed by atoms with Crippen LogP contribution >= 0.6 is 24.0 Å². The van der Waals surface area contributed by atoms with Gasteiger partial charge < -0.3 is 24.3 Å². The summed E-state index contributed by atoms with van der Waals surface area (Å²) < 4.78 is 22.8. The molecule has 1 saturated heterocycles. The Morgan fingerprint density at radius 1 is 1.05 bits per heavy atom. The van der Waals surface area contributed by atoms with Crippen LogP contribution in [0.2, 0.25) is 0 Å². The van der Waals surface area contributed by atoms with E-state index in [0.717, 1.165) is 16.7 Å². The maximum absolute atomic E-state index is 13.2. The topological polar surface area (TPSA) is 86.3 Å². The summed E-state index contributed by atoms with van der Waals surface area (Å²) in [6.45, 7) is 4.61. The molecule has 0 unspecified atom stereocenters. The van der Waals surface area contributed by atoms with Crippen molar-refractivity contribution in [3.8, 4) is 23.0 Å². The number of thiocarbonyl (C=S) groups is 1. The van der Waals surface area contributed by atoms with Gasteiger partial charge in [-0.1, -0.05) is 53.8 Å². The Kier molecular flexibility index (Phi) is 8.04. The van der Waals surface area contributed by atoms with Crippen LogP contribution in [0.25, 0.3) is 6.08 Å². The summed E-state index contributed by atoms with van der Waals surface area (Å²) in [5.41, 5.74) is 3.45. The molecule has 2 aliphatic heterocycles.